The number of fused-ring (bicyclic) bond motifs is 2. The van der Waals surface area contributed by atoms with Gasteiger partial charge < -0.3 is 25.3 Å². The first kappa shape index (κ1) is 20.5. The number of halogens is 1. The molecule has 4 heterocycles. The maximum atomic E-state index is 13.2. The molecule has 0 unspecified atom stereocenters. The molecule has 1 fully saturated rings. The van der Waals surface area contributed by atoms with E-state index < -0.39 is 0 Å². The number of carbonyl (C=O) groups excluding carboxylic acids is 1. The van der Waals surface area contributed by atoms with Gasteiger partial charge in [-0.2, -0.15) is 4.98 Å². The van der Waals surface area contributed by atoms with Crippen LogP contribution in [-0.4, -0.2) is 63.7 Å². The van der Waals surface area contributed by atoms with Crippen molar-refractivity contribution in [1.29, 1.82) is 0 Å². The molecule has 1 saturated heterocycles. The molecular formula is C23H27FN6O2. The van der Waals surface area contributed by atoms with Gasteiger partial charge in [0, 0.05) is 30.4 Å². The lowest BCUT2D eigenvalue weighted by atomic mass is 9.98. The van der Waals surface area contributed by atoms with Crippen LogP contribution in [0.2, 0.25) is 0 Å². The topological polar surface area (TPSA) is 100 Å². The number of imidazole rings is 1. The maximum absolute atomic E-state index is 13.2. The number of benzene rings is 1. The number of hydrogen-bond acceptors (Lipinski definition) is 5. The highest BCUT2D eigenvalue weighted by Crippen LogP contribution is 2.34. The van der Waals surface area contributed by atoms with E-state index in [1.165, 1.54) is 0 Å². The molecule has 5 rings (SSSR count). The Morgan fingerprint density at radius 3 is 2.81 bits per heavy atom. The summed E-state index contributed by atoms with van der Waals surface area (Å²) in [6, 6.07) is 6.10. The van der Waals surface area contributed by atoms with E-state index in [-0.39, 0.29) is 18.6 Å². The Morgan fingerprint density at radius 2 is 2.03 bits per heavy atom. The molecular weight excluding hydrogens is 411 g/mol. The van der Waals surface area contributed by atoms with Crippen molar-refractivity contribution in [2.45, 2.75) is 26.3 Å². The Labute approximate surface area is 185 Å². The highest BCUT2D eigenvalue weighted by atomic mass is 19.1. The number of aryl methyl sites for hydroxylation is 1. The molecule has 0 aliphatic carbocycles. The highest BCUT2D eigenvalue weighted by molar-refractivity contribution is 5.80. The number of carbonyl (C=O) groups is 1. The van der Waals surface area contributed by atoms with E-state index in [0.29, 0.717) is 44.4 Å². The molecule has 0 saturated carbocycles. The van der Waals surface area contributed by atoms with Crippen molar-refractivity contribution in [1.82, 2.24) is 24.8 Å². The van der Waals surface area contributed by atoms with Crippen molar-refractivity contribution >= 4 is 23.1 Å². The van der Waals surface area contributed by atoms with Crippen LogP contribution in [-0.2, 0) is 6.54 Å². The first-order valence-corrected chi connectivity index (χ1v) is 11.0. The maximum Gasteiger partial charge on any atom is 0.320 e. The van der Waals surface area contributed by atoms with E-state index in [1.807, 2.05) is 22.8 Å². The Bertz CT molecular complexity index is 1150. The van der Waals surface area contributed by atoms with Crippen molar-refractivity contribution < 1.29 is 13.9 Å². The summed E-state index contributed by atoms with van der Waals surface area (Å²) in [5.74, 6) is 1.24. The number of pyridine rings is 1. The van der Waals surface area contributed by atoms with Crippen molar-refractivity contribution in [2.24, 2.45) is 5.92 Å². The summed E-state index contributed by atoms with van der Waals surface area (Å²) >= 11 is 0. The van der Waals surface area contributed by atoms with E-state index in [2.05, 4.69) is 27.1 Å². The van der Waals surface area contributed by atoms with Gasteiger partial charge in [0.2, 0.25) is 0 Å². The van der Waals surface area contributed by atoms with Gasteiger partial charge >= 0.3 is 6.03 Å². The normalized spacial score (nSPS) is 17.2. The van der Waals surface area contributed by atoms with Gasteiger partial charge in [0.15, 0.2) is 11.6 Å². The summed E-state index contributed by atoms with van der Waals surface area (Å²) in [5, 5.41) is 0. The van der Waals surface area contributed by atoms with Crippen LogP contribution in [0.15, 0.2) is 24.4 Å². The number of nitrogens with one attached hydrogen (secondary N) is 1. The molecule has 2 aromatic heterocycles. The smallest absolute Gasteiger partial charge is 0.320 e. The molecule has 0 bridgehead atoms. The number of nitrogen functional groups attached to an aromatic ring is 1. The second kappa shape index (κ2) is 8.29. The number of nitrogens with two attached hydrogens (primary N) is 1. The van der Waals surface area contributed by atoms with Gasteiger partial charge in [-0.1, -0.05) is 0 Å². The van der Waals surface area contributed by atoms with Gasteiger partial charge in [-0.05, 0) is 55.0 Å². The van der Waals surface area contributed by atoms with Crippen LogP contribution in [0.4, 0.5) is 15.1 Å². The predicted octanol–water partition coefficient (Wildman–Crippen LogP) is 3.51. The fourth-order valence-electron chi connectivity index (χ4n) is 4.60. The number of aromatic amines is 1. The molecule has 2 aliphatic heterocycles. The van der Waals surface area contributed by atoms with Crippen molar-refractivity contribution in [2.75, 3.05) is 38.6 Å². The summed E-state index contributed by atoms with van der Waals surface area (Å²) in [6.07, 6.45) is 3.22. The third-order valence-corrected chi connectivity index (χ3v) is 6.38. The second-order valence-electron chi connectivity index (χ2n) is 8.64. The molecule has 32 heavy (non-hydrogen) atoms. The standard InChI is InChI=1S/C23H27FN6O2/c1-14-8-16(17-10-19-21(26-12-17)28-22(25)27-19)9-18-13-30(6-7-32-20(14)18)23(31)29-4-2-15(11-24)3-5-29/h8-10,12,15H,2-7,11,13H2,1H3,(H3,25,26,27,28). The summed E-state index contributed by atoms with van der Waals surface area (Å²) in [6.45, 7) is 4.36. The average molecular weight is 439 g/mol. The lowest BCUT2D eigenvalue weighted by Crippen LogP contribution is -2.47. The molecule has 3 aromatic rings. The summed E-state index contributed by atoms with van der Waals surface area (Å²) in [7, 11) is 0. The number of likely N-dealkylation sites (tertiary alicyclic amines) is 1. The number of anilines is 1. The Hall–Kier alpha value is -3.36. The quantitative estimate of drug-likeness (QED) is 0.638. The zero-order chi connectivity index (χ0) is 22.2. The minimum Gasteiger partial charge on any atom is -0.491 e. The zero-order valence-electron chi connectivity index (χ0n) is 18.1. The van der Waals surface area contributed by atoms with Crippen molar-refractivity contribution in [3.05, 3.63) is 35.5 Å². The van der Waals surface area contributed by atoms with E-state index in [4.69, 9.17) is 10.5 Å². The van der Waals surface area contributed by atoms with Gasteiger partial charge in [0.1, 0.15) is 12.4 Å². The Balaban J connectivity index is 1.41. The zero-order valence-corrected chi connectivity index (χ0v) is 18.1. The number of hydrogen-bond donors (Lipinski definition) is 2. The van der Waals surface area contributed by atoms with E-state index in [9.17, 15) is 9.18 Å². The SMILES string of the molecule is Cc1cc(-c2cnc3nc(N)[nH]c3c2)cc2c1OCCN(C(=O)N1CCC(CF)CC1)C2. The molecule has 0 spiro atoms. The molecule has 1 aromatic carbocycles. The van der Waals surface area contributed by atoms with Crippen LogP contribution < -0.4 is 10.5 Å². The number of amides is 2. The fraction of sp³-hybridized carbons (Fsp3) is 0.435. The molecule has 0 radical (unpaired) electrons. The first-order valence-electron chi connectivity index (χ1n) is 11.0. The fourth-order valence-corrected chi connectivity index (χ4v) is 4.60. The van der Waals surface area contributed by atoms with E-state index in [1.54, 1.807) is 6.20 Å². The number of nitrogens with zero attached hydrogens (tertiary/aromatic N) is 4. The minimum atomic E-state index is -0.305. The molecule has 0 atom stereocenters. The predicted molar refractivity (Wildman–Crippen MR) is 120 cm³/mol. The Kier molecular flexibility index (Phi) is 5.32. The molecule has 3 N–H and O–H groups in total. The number of H-pyrrole nitrogens is 1. The first-order chi connectivity index (χ1) is 15.5. The van der Waals surface area contributed by atoms with Crippen LogP contribution >= 0.6 is 0 Å². The number of rotatable bonds is 2. The van der Waals surface area contributed by atoms with Gasteiger partial charge in [-0.3, -0.25) is 4.39 Å². The number of piperidine rings is 1. The molecule has 9 heteroatoms. The molecule has 2 aliphatic rings. The second-order valence-corrected chi connectivity index (χ2v) is 8.64. The third-order valence-electron chi connectivity index (χ3n) is 6.38. The van der Waals surface area contributed by atoms with Crippen LogP contribution in [0.3, 0.4) is 0 Å². The van der Waals surface area contributed by atoms with E-state index in [0.717, 1.165) is 46.4 Å². The lowest BCUT2D eigenvalue weighted by molar-refractivity contribution is 0.122. The average Bonchev–Trinajstić information content (AvgIpc) is 3.03. The highest BCUT2D eigenvalue weighted by Gasteiger charge is 2.28. The Morgan fingerprint density at radius 1 is 1.22 bits per heavy atom. The molecule has 2 amide bonds. The van der Waals surface area contributed by atoms with Crippen LogP contribution in [0.1, 0.15) is 24.0 Å². The number of urea groups is 1. The summed E-state index contributed by atoms with van der Waals surface area (Å²) in [5.41, 5.74) is 11.0. The monoisotopic (exact) mass is 438 g/mol. The van der Waals surface area contributed by atoms with Crippen LogP contribution in [0.25, 0.3) is 22.3 Å². The number of aromatic nitrogens is 3. The van der Waals surface area contributed by atoms with Crippen molar-refractivity contribution in [3.8, 4) is 16.9 Å². The summed E-state index contributed by atoms with van der Waals surface area (Å²) < 4.78 is 19.0. The van der Waals surface area contributed by atoms with E-state index >= 15 is 0 Å². The third kappa shape index (κ3) is 3.83. The largest absolute Gasteiger partial charge is 0.491 e. The molecule has 8 nitrogen and oxygen atoms in total. The van der Waals surface area contributed by atoms with Crippen molar-refractivity contribution in [3.63, 3.8) is 0 Å². The van der Waals surface area contributed by atoms with Crippen LogP contribution in [0, 0.1) is 12.8 Å². The van der Waals surface area contributed by atoms with Gasteiger partial charge in [-0.25, -0.2) is 9.78 Å². The van der Waals surface area contributed by atoms with Gasteiger partial charge in [0.25, 0.3) is 0 Å². The molecule has 168 valence electrons. The lowest BCUT2D eigenvalue weighted by Gasteiger charge is -2.34. The van der Waals surface area contributed by atoms with Gasteiger partial charge in [0.05, 0.1) is 25.3 Å². The minimum absolute atomic E-state index is 0.00200. The van der Waals surface area contributed by atoms with Crippen LogP contribution in [0.5, 0.6) is 5.75 Å². The summed E-state index contributed by atoms with van der Waals surface area (Å²) in [4.78, 5) is 28.4. The number of alkyl halides is 1. The van der Waals surface area contributed by atoms with Gasteiger partial charge in [-0.15, -0.1) is 0 Å². The number of ether oxygens (including phenoxy) is 1.